The van der Waals surface area contributed by atoms with Gasteiger partial charge in [0.2, 0.25) is 5.91 Å². The quantitative estimate of drug-likeness (QED) is 0.731. The van der Waals surface area contributed by atoms with Crippen molar-refractivity contribution in [2.75, 3.05) is 19.7 Å². The van der Waals surface area contributed by atoms with Crippen molar-refractivity contribution >= 4 is 23.3 Å². The van der Waals surface area contributed by atoms with Crippen LogP contribution in [0.3, 0.4) is 0 Å². The molecule has 1 aromatic carbocycles. The van der Waals surface area contributed by atoms with Crippen LogP contribution in [0, 0.1) is 0 Å². The average molecular weight is 388 g/mol. The first-order valence-electron chi connectivity index (χ1n) is 9.16. The van der Waals surface area contributed by atoms with E-state index in [2.05, 4.69) is 5.32 Å². The zero-order valence-electron chi connectivity index (χ0n) is 15.2. The molecule has 0 radical (unpaired) electrons. The predicted octanol–water partition coefficient (Wildman–Crippen LogP) is 2.44. The van der Waals surface area contributed by atoms with E-state index >= 15 is 0 Å². The normalized spacial score (nSPS) is 16.6. The Bertz CT molecular complexity index is 736. The van der Waals surface area contributed by atoms with Crippen molar-refractivity contribution in [2.45, 2.75) is 32.0 Å². The van der Waals surface area contributed by atoms with Crippen LogP contribution in [0.5, 0.6) is 0 Å². The monoisotopic (exact) mass is 387 g/mol. The molecule has 0 spiro atoms. The number of likely N-dealkylation sites (tertiary alicyclic amines) is 1. The van der Waals surface area contributed by atoms with Gasteiger partial charge in [0.25, 0.3) is 0 Å². The molecule has 144 valence electrons. The Labute approximate surface area is 163 Å². The van der Waals surface area contributed by atoms with E-state index in [9.17, 15) is 9.59 Å². The highest BCUT2D eigenvalue weighted by molar-refractivity contribution is 7.09. The van der Waals surface area contributed by atoms with Crippen LogP contribution in [0.2, 0.25) is 0 Å². The summed E-state index contributed by atoms with van der Waals surface area (Å²) in [6, 6.07) is 13.4. The van der Waals surface area contributed by atoms with Gasteiger partial charge in [0.15, 0.2) is 0 Å². The van der Waals surface area contributed by atoms with Gasteiger partial charge in [-0.25, -0.2) is 4.79 Å². The predicted molar refractivity (Wildman–Crippen MR) is 105 cm³/mol. The second kappa shape index (κ2) is 9.53. The Morgan fingerprint density at radius 3 is 2.78 bits per heavy atom. The summed E-state index contributed by atoms with van der Waals surface area (Å²) in [6.45, 7) is 2.12. The van der Waals surface area contributed by atoms with Gasteiger partial charge in [0.05, 0.1) is 12.6 Å². The molecule has 0 aliphatic carbocycles. The van der Waals surface area contributed by atoms with E-state index in [1.807, 2.05) is 47.8 Å². The van der Waals surface area contributed by atoms with Crippen LogP contribution in [0.25, 0.3) is 0 Å². The molecule has 3 rings (SSSR count). The SMILES string of the molecule is O=C1CC(NC(=O)N(CCCO)Cc2cccs2)CN1Cc1ccccc1. The lowest BCUT2D eigenvalue weighted by Crippen LogP contribution is -2.45. The Balaban J connectivity index is 1.56. The lowest BCUT2D eigenvalue weighted by atomic mass is 10.2. The Hall–Kier alpha value is -2.38. The van der Waals surface area contributed by atoms with Gasteiger partial charge in [-0.05, 0) is 23.4 Å². The van der Waals surface area contributed by atoms with Crippen molar-refractivity contribution in [1.82, 2.24) is 15.1 Å². The molecule has 6 nitrogen and oxygen atoms in total. The minimum Gasteiger partial charge on any atom is -0.396 e. The van der Waals surface area contributed by atoms with Gasteiger partial charge in [-0.15, -0.1) is 11.3 Å². The van der Waals surface area contributed by atoms with Gasteiger partial charge in [-0.2, -0.15) is 0 Å². The highest BCUT2D eigenvalue weighted by atomic mass is 32.1. The Kier molecular flexibility index (Phi) is 6.84. The highest BCUT2D eigenvalue weighted by Crippen LogP contribution is 2.17. The molecule has 1 aromatic heterocycles. The van der Waals surface area contributed by atoms with Crippen LogP contribution >= 0.6 is 11.3 Å². The van der Waals surface area contributed by atoms with E-state index in [1.54, 1.807) is 21.1 Å². The van der Waals surface area contributed by atoms with Gasteiger partial charge in [-0.3, -0.25) is 4.79 Å². The average Bonchev–Trinajstić information content (AvgIpc) is 3.29. The number of nitrogens with zero attached hydrogens (tertiary/aromatic N) is 2. The first-order chi connectivity index (χ1) is 13.2. The summed E-state index contributed by atoms with van der Waals surface area (Å²) in [6.07, 6.45) is 0.855. The van der Waals surface area contributed by atoms with E-state index in [4.69, 9.17) is 5.11 Å². The number of hydrogen-bond donors (Lipinski definition) is 2. The molecule has 2 heterocycles. The van der Waals surface area contributed by atoms with E-state index in [1.165, 1.54) is 0 Å². The highest BCUT2D eigenvalue weighted by Gasteiger charge is 2.31. The van der Waals surface area contributed by atoms with E-state index < -0.39 is 0 Å². The molecule has 1 saturated heterocycles. The van der Waals surface area contributed by atoms with Crippen LogP contribution in [0.1, 0.15) is 23.3 Å². The third-order valence-electron chi connectivity index (χ3n) is 4.56. The van der Waals surface area contributed by atoms with Crippen molar-refractivity contribution in [3.63, 3.8) is 0 Å². The van der Waals surface area contributed by atoms with Gasteiger partial charge in [-0.1, -0.05) is 36.4 Å². The van der Waals surface area contributed by atoms with Crippen LogP contribution in [-0.4, -0.2) is 52.6 Å². The summed E-state index contributed by atoms with van der Waals surface area (Å²) >= 11 is 1.60. The third-order valence-corrected chi connectivity index (χ3v) is 5.42. The molecule has 27 heavy (non-hydrogen) atoms. The first-order valence-corrected chi connectivity index (χ1v) is 10.0. The number of benzene rings is 1. The second-order valence-corrected chi connectivity index (χ2v) is 7.72. The lowest BCUT2D eigenvalue weighted by molar-refractivity contribution is -0.128. The third kappa shape index (κ3) is 5.55. The molecule has 1 fully saturated rings. The fraction of sp³-hybridized carbons (Fsp3) is 0.400. The van der Waals surface area contributed by atoms with Crippen LogP contribution < -0.4 is 5.32 Å². The molecule has 7 heteroatoms. The number of thiophene rings is 1. The van der Waals surface area contributed by atoms with Gasteiger partial charge < -0.3 is 20.2 Å². The molecule has 1 aliphatic rings. The van der Waals surface area contributed by atoms with Crippen molar-refractivity contribution in [3.05, 3.63) is 58.3 Å². The fourth-order valence-electron chi connectivity index (χ4n) is 3.20. The molecule has 0 saturated carbocycles. The number of rotatable bonds is 8. The van der Waals surface area contributed by atoms with E-state index in [0.717, 1.165) is 10.4 Å². The minimum atomic E-state index is -0.186. The summed E-state index contributed by atoms with van der Waals surface area (Å²) in [5.74, 6) is 0.0596. The number of carbonyl (C=O) groups is 2. The number of nitrogens with one attached hydrogen (secondary N) is 1. The van der Waals surface area contributed by atoms with Crippen LogP contribution in [0.15, 0.2) is 47.8 Å². The molecule has 2 aromatic rings. The number of urea groups is 1. The van der Waals surface area contributed by atoms with E-state index in [-0.39, 0.29) is 24.6 Å². The van der Waals surface area contributed by atoms with Gasteiger partial charge in [0.1, 0.15) is 0 Å². The van der Waals surface area contributed by atoms with E-state index in [0.29, 0.717) is 39.0 Å². The number of hydrogen-bond acceptors (Lipinski definition) is 4. The molecule has 0 bridgehead atoms. The molecular formula is C20H25N3O3S. The number of amides is 3. The number of carbonyl (C=O) groups excluding carboxylic acids is 2. The van der Waals surface area contributed by atoms with Crippen LogP contribution in [0.4, 0.5) is 4.79 Å². The number of aliphatic hydroxyl groups excluding tert-OH is 1. The maximum atomic E-state index is 12.7. The summed E-state index contributed by atoms with van der Waals surface area (Å²) in [5, 5.41) is 14.1. The number of aliphatic hydroxyl groups is 1. The second-order valence-electron chi connectivity index (χ2n) is 6.69. The summed E-state index contributed by atoms with van der Waals surface area (Å²) < 4.78 is 0. The largest absolute Gasteiger partial charge is 0.396 e. The lowest BCUT2D eigenvalue weighted by Gasteiger charge is -2.24. The zero-order valence-corrected chi connectivity index (χ0v) is 16.0. The van der Waals surface area contributed by atoms with Crippen molar-refractivity contribution in [3.8, 4) is 0 Å². The topological polar surface area (TPSA) is 72.9 Å². The first kappa shape index (κ1) is 19.4. The maximum Gasteiger partial charge on any atom is 0.318 e. The summed E-state index contributed by atoms with van der Waals surface area (Å²) in [7, 11) is 0. The van der Waals surface area contributed by atoms with Crippen molar-refractivity contribution in [2.24, 2.45) is 0 Å². The molecule has 2 N–H and O–H groups in total. The molecule has 3 amide bonds. The molecular weight excluding hydrogens is 362 g/mol. The van der Waals surface area contributed by atoms with Crippen molar-refractivity contribution < 1.29 is 14.7 Å². The Morgan fingerprint density at radius 1 is 1.26 bits per heavy atom. The molecule has 1 unspecified atom stereocenters. The summed E-state index contributed by atoms with van der Waals surface area (Å²) in [4.78, 5) is 29.6. The zero-order chi connectivity index (χ0) is 19.1. The Morgan fingerprint density at radius 2 is 2.07 bits per heavy atom. The van der Waals surface area contributed by atoms with Crippen molar-refractivity contribution in [1.29, 1.82) is 0 Å². The van der Waals surface area contributed by atoms with Gasteiger partial charge >= 0.3 is 6.03 Å². The molecule has 1 aliphatic heterocycles. The summed E-state index contributed by atoms with van der Waals surface area (Å²) in [5.41, 5.74) is 1.08. The van der Waals surface area contributed by atoms with Gasteiger partial charge in [0, 0.05) is 37.5 Å². The smallest absolute Gasteiger partial charge is 0.318 e. The fourth-order valence-corrected chi connectivity index (χ4v) is 3.92. The molecule has 1 atom stereocenters. The minimum absolute atomic E-state index is 0.0426. The maximum absolute atomic E-state index is 12.7. The standard InChI is InChI=1S/C20H25N3O3S/c24-10-5-9-22(15-18-8-4-11-27-18)20(26)21-17-12-19(25)23(14-17)13-16-6-2-1-3-7-16/h1-4,6-8,11,17,24H,5,9-10,12-15H2,(H,21,26). The van der Waals surface area contributed by atoms with Crippen LogP contribution in [-0.2, 0) is 17.9 Å².